The lowest BCUT2D eigenvalue weighted by Crippen LogP contribution is -2.29. The van der Waals surface area contributed by atoms with Crippen LogP contribution in [-0.4, -0.2) is 34.7 Å². The van der Waals surface area contributed by atoms with E-state index in [0.29, 0.717) is 17.9 Å². The molecule has 4 aromatic rings. The lowest BCUT2D eigenvalue weighted by atomic mass is 10.1. The van der Waals surface area contributed by atoms with Crippen molar-refractivity contribution < 1.29 is 4.39 Å². The van der Waals surface area contributed by atoms with E-state index in [0.717, 1.165) is 59.7 Å². The van der Waals surface area contributed by atoms with E-state index in [4.69, 9.17) is 21.4 Å². The van der Waals surface area contributed by atoms with Gasteiger partial charge in [0.15, 0.2) is 5.65 Å². The van der Waals surface area contributed by atoms with Crippen molar-refractivity contribution >= 4 is 28.2 Å². The van der Waals surface area contributed by atoms with E-state index >= 15 is 0 Å². The molecule has 5 N–H and O–H groups in total. The standard InChI is InChI=1S/C25H28FN7/c1-29-21-8-6-18(13-17(21)15-27)33-24(16-5-7-20(28)19(26)14-16)31-23-22(9-10-30-25(23)33)32-11-3-2-4-12-32/h5-10,13-14,29H,2-4,11-12,15,27-28H2,1H3. The summed E-state index contributed by atoms with van der Waals surface area (Å²) in [6, 6.07) is 12.8. The number of nitrogens with one attached hydrogen (secondary N) is 1. The summed E-state index contributed by atoms with van der Waals surface area (Å²) >= 11 is 0. The van der Waals surface area contributed by atoms with Crippen LogP contribution < -0.4 is 21.7 Å². The molecule has 0 saturated carbocycles. The molecular weight excluding hydrogens is 417 g/mol. The summed E-state index contributed by atoms with van der Waals surface area (Å²) in [6.45, 7) is 2.37. The minimum atomic E-state index is -0.469. The third-order valence-electron chi connectivity index (χ3n) is 6.32. The van der Waals surface area contributed by atoms with E-state index in [2.05, 4.69) is 10.2 Å². The smallest absolute Gasteiger partial charge is 0.167 e. The average molecular weight is 446 g/mol. The lowest BCUT2D eigenvalue weighted by Gasteiger charge is -2.28. The SMILES string of the molecule is CNc1ccc(-n2c(-c3ccc(N)c(F)c3)nc3c(N4CCCCC4)ccnc32)cc1CN. The highest BCUT2D eigenvalue weighted by Crippen LogP contribution is 2.35. The Balaban J connectivity index is 1.77. The minimum absolute atomic E-state index is 0.109. The molecule has 33 heavy (non-hydrogen) atoms. The predicted molar refractivity (Wildman–Crippen MR) is 132 cm³/mol. The van der Waals surface area contributed by atoms with Gasteiger partial charge in [0.2, 0.25) is 0 Å². The van der Waals surface area contributed by atoms with Crippen LogP contribution in [0.1, 0.15) is 24.8 Å². The Labute approximate surface area is 192 Å². The summed E-state index contributed by atoms with van der Waals surface area (Å²) < 4.78 is 16.4. The Bertz CT molecular complexity index is 1310. The molecule has 0 unspecified atom stereocenters. The van der Waals surface area contributed by atoms with Crippen molar-refractivity contribution in [2.24, 2.45) is 5.73 Å². The third-order valence-corrected chi connectivity index (χ3v) is 6.32. The maximum Gasteiger partial charge on any atom is 0.167 e. The van der Waals surface area contributed by atoms with Gasteiger partial charge in [-0.2, -0.15) is 0 Å². The fourth-order valence-corrected chi connectivity index (χ4v) is 4.59. The van der Waals surface area contributed by atoms with Gasteiger partial charge in [-0.15, -0.1) is 0 Å². The first-order valence-electron chi connectivity index (χ1n) is 11.3. The molecule has 1 saturated heterocycles. The largest absolute Gasteiger partial charge is 0.396 e. The summed E-state index contributed by atoms with van der Waals surface area (Å²) in [5.41, 5.74) is 17.9. The molecular formula is C25H28FN7. The number of fused-ring (bicyclic) bond motifs is 1. The topological polar surface area (TPSA) is 98.0 Å². The molecule has 1 fully saturated rings. The molecule has 0 aliphatic carbocycles. The number of hydrogen-bond donors (Lipinski definition) is 3. The summed E-state index contributed by atoms with van der Waals surface area (Å²) in [4.78, 5) is 12.1. The highest BCUT2D eigenvalue weighted by molar-refractivity contribution is 5.91. The van der Waals surface area contributed by atoms with Crippen LogP contribution in [0.5, 0.6) is 0 Å². The van der Waals surface area contributed by atoms with Gasteiger partial charge in [-0.3, -0.25) is 4.57 Å². The van der Waals surface area contributed by atoms with Gasteiger partial charge in [-0.25, -0.2) is 14.4 Å². The second kappa shape index (κ2) is 8.71. The van der Waals surface area contributed by atoms with E-state index in [1.54, 1.807) is 12.1 Å². The third kappa shape index (κ3) is 3.76. The fraction of sp³-hybridized carbons (Fsp3) is 0.280. The first-order valence-corrected chi connectivity index (χ1v) is 11.3. The maximum atomic E-state index is 14.4. The number of nitrogen functional groups attached to an aromatic ring is 1. The Morgan fingerprint density at radius 2 is 1.88 bits per heavy atom. The first kappa shape index (κ1) is 21.2. The number of benzene rings is 2. The second-order valence-electron chi connectivity index (χ2n) is 8.35. The average Bonchev–Trinajstić information content (AvgIpc) is 3.25. The minimum Gasteiger partial charge on any atom is -0.396 e. The van der Waals surface area contributed by atoms with Crippen molar-refractivity contribution in [2.45, 2.75) is 25.8 Å². The number of pyridine rings is 1. The molecule has 170 valence electrons. The van der Waals surface area contributed by atoms with Crippen molar-refractivity contribution in [3.63, 3.8) is 0 Å². The van der Waals surface area contributed by atoms with Crippen molar-refractivity contribution in [2.75, 3.05) is 36.1 Å². The van der Waals surface area contributed by atoms with Gasteiger partial charge < -0.3 is 21.7 Å². The van der Waals surface area contributed by atoms with Crippen LogP contribution in [0, 0.1) is 5.82 Å². The van der Waals surface area contributed by atoms with Crippen LogP contribution in [0.2, 0.25) is 0 Å². The molecule has 0 bridgehead atoms. The second-order valence-corrected chi connectivity index (χ2v) is 8.35. The number of halogens is 1. The van der Waals surface area contributed by atoms with E-state index in [1.165, 1.54) is 12.5 Å². The van der Waals surface area contributed by atoms with Gasteiger partial charge in [0.1, 0.15) is 17.2 Å². The lowest BCUT2D eigenvalue weighted by molar-refractivity contribution is 0.578. The van der Waals surface area contributed by atoms with E-state index in [9.17, 15) is 4.39 Å². The molecule has 3 heterocycles. The molecule has 7 nitrogen and oxygen atoms in total. The number of nitrogens with two attached hydrogens (primary N) is 2. The molecule has 5 rings (SSSR count). The Hall–Kier alpha value is -3.65. The zero-order valence-electron chi connectivity index (χ0n) is 18.7. The maximum absolute atomic E-state index is 14.4. The normalized spacial score (nSPS) is 14.1. The van der Waals surface area contributed by atoms with Crippen LogP contribution in [0.4, 0.5) is 21.5 Å². The van der Waals surface area contributed by atoms with Crippen LogP contribution in [0.3, 0.4) is 0 Å². The highest BCUT2D eigenvalue weighted by Gasteiger charge is 2.22. The zero-order chi connectivity index (χ0) is 22.9. The van der Waals surface area contributed by atoms with Crippen LogP contribution in [0.25, 0.3) is 28.2 Å². The number of rotatable bonds is 5. The van der Waals surface area contributed by atoms with Crippen LogP contribution in [-0.2, 0) is 6.54 Å². The number of anilines is 3. The number of imidazole rings is 1. The zero-order valence-corrected chi connectivity index (χ0v) is 18.7. The Morgan fingerprint density at radius 1 is 1.06 bits per heavy atom. The van der Waals surface area contributed by atoms with Crippen molar-refractivity contribution in [3.8, 4) is 17.1 Å². The first-order chi connectivity index (χ1) is 16.1. The number of piperidine rings is 1. The molecule has 0 radical (unpaired) electrons. The Kier molecular flexibility index (Phi) is 5.60. The van der Waals surface area contributed by atoms with Crippen LogP contribution >= 0.6 is 0 Å². The summed E-state index contributed by atoms with van der Waals surface area (Å²) in [7, 11) is 1.87. The van der Waals surface area contributed by atoms with E-state index in [1.807, 2.05) is 42.1 Å². The molecule has 1 aliphatic rings. The molecule has 0 spiro atoms. The quantitative estimate of drug-likeness (QED) is 0.396. The molecule has 0 atom stereocenters. The van der Waals surface area contributed by atoms with Gasteiger partial charge in [0, 0.05) is 49.8 Å². The molecule has 1 aliphatic heterocycles. The van der Waals surface area contributed by atoms with Gasteiger partial charge >= 0.3 is 0 Å². The van der Waals surface area contributed by atoms with Gasteiger partial charge in [0.05, 0.1) is 11.4 Å². The summed E-state index contributed by atoms with van der Waals surface area (Å²) in [5.74, 6) is 0.143. The molecule has 2 aromatic carbocycles. The van der Waals surface area contributed by atoms with Crippen LogP contribution in [0.15, 0.2) is 48.7 Å². The summed E-state index contributed by atoms with van der Waals surface area (Å²) in [6.07, 6.45) is 5.39. The highest BCUT2D eigenvalue weighted by atomic mass is 19.1. The van der Waals surface area contributed by atoms with Gasteiger partial charge in [-0.1, -0.05) is 0 Å². The number of nitrogens with zero attached hydrogens (tertiary/aromatic N) is 4. The summed E-state index contributed by atoms with van der Waals surface area (Å²) in [5, 5.41) is 3.18. The van der Waals surface area contributed by atoms with E-state index in [-0.39, 0.29) is 5.69 Å². The fourth-order valence-electron chi connectivity index (χ4n) is 4.59. The Morgan fingerprint density at radius 3 is 2.61 bits per heavy atom. The predicted octanol–water partition coefficient (Wildman–Crippen LogP) is 4.30. The van der Waals surface area contributed by atoms with Crippen molar-refractivity contribution in [1.82, 2.24) is 14.5 Å². The van der Waals surface area contributed by atoms with Gasteiger partial charge in [0.25, 0.3) is 0 Å². The molecule has 8 heteroatoms. The molecule has 0 amide bonds. The van der Waals surface area contributed by atoms with Crippen molar-refractivity contribution in [3.05, 3.63) is 60.0 Å². The van der Waals surface area contributed by atoms with E-state index < -0.39 is 5.82 Å². The van der Waals surface area contributed by atoms with Crippen molar-refractivity contribution in [1.29, 1.82) is 0 Å². The number of hydrogen-bond acceptors (Lipinski definition) is 6. The van der Waals surface area contributed by atoms with Gasteiger partial charge in [-0.05, 0) is 67.3 Å². The number of aromatic nitrogens is 3. The molecule has 2 aromatic heterocycles. The monoisotopic (exact) mass is 445 g/mol.